The van der Waals surface area contributed by atoms with Crippen molar-refractivity contribution in [2.45, 2.75) is 39.0 Å². The number of carbonyl (C=O) groups excluding carboxylic acids is 1. The van der Waals surface area contributed by atoms with Crippen molar-refractivity contribution in [2.24, 2.45) is 0 Å². The fourth-order valence-electron chi connectivity index (χ4n) is 3.05. The van der Waals surface area contributed by atoms with Gasteiger partial charge in [0.15, 0.2) is 5.60 Å². The molecule has 1 atom stereocenters. The summed E-state index contributed by atoms with van der Waals surface area (Å²) in [6.45, 7) is 5.17. The Hall–Kier alpha value is -2.02. The highest BCUT2D eigenvalue weighted by Gasteiger charge is 2.59. The SMILES string of the molecule is Cc1cc2c(C)c(C)[nH]c2c2c1NC(=O)CC2(O)C(F)(F)F. The van der Waals surface area contributed by atoms with E-state index in [0.29, 0.717) is 10.9 Å². The normalized spacial score (nSPS) is 21.9. The predicted molar refractivity (Wildman–Crippen MR) is 75.7 cm³/mol. The first-order chi connectivity index (χ1) is 10.1. The fraction of sp³-hybridized carbons (Fsp3) is 0.400. The van der Waals surface area contributed by atoms with Gasteiger partial charge >= 0.3 is 6.18 Å². The van der Waals surface area contributed by atoms with E-state index in [9.17, 15) is 23.1 Å². The van der Waals surface area contributed by atoms with E-state index >= 15 is 0 Å². The number of amides is 1. The first-order valence-electron chi connectivity index (χ1n) is 6.78. The number of anilines is 1. The largest absolute Gasteiger partial charge is 0.422 e. The molecule has 1 amide bonds. The molecule has 0 saturated carbocycles. The molecule has 22 heavy (non-hydrogen) atoms. The Balaban J connectivity index is 2.48. The second-order valence-corrected chi connectivity index (χ2v) is 5.82. The van der Waals surface area contributed by atoms with Crippen molar-refractivity contribution in [3.05, 3.63) is 28.5 Å². The second-order valence-electron chi connectivity index (χ2n) is 5.82. The lowest BCUT2D eigenvalue weighted by atomic mass is 9.82. The van der Waals surface area contributed by atoms with Crippen LogP contribution in [-0.2, 0) is 10.4 Å². The molecule has 1 aromatic carbocycles. The zero-order chi connectivity index (χ0) is 16.4. The molecule has 4 nitrogen and oxygen atoms in total. The highest BCUT2D eigenvalue weighted by molar-refractivity contribution is 6.03. The summed E-state index contributed by atoms with van der Waals surface area (Å²) in [4.78, 5) is 14.6. The van der Waals surface area contributed by atoms with Crippen LogP contribution in [0.2, 0.25) is 0 Å². The van der Waals surface area contributed by atoms with Crippen molar-refractivity contribution in [1.82, 2.24) is 4.98 Å². The Kier molecular flexibility index (Phi) is 2.88. The van der Waals surface area contributed by atoms with Crippen molar-refractivity contribution in [2.75, 3.05) is 5.32 Å². The summed E-state index contributed by atoms with van der Waals surface area (Å²) in [6, 6.07) is 1.72. The maximum Gasteiger partial charge on any atom is 0.422 e. The third kappa shape index (κ3) is 1.78. The summed E-state index contributed by atoms with van der Waals surface area (Å²) < 4.78 is 40.5. The molecule has 3 rings (SSSR count). The molecular weight excluding hydrogens is 297 g/mol. The first kappa shape index (κ1) is 14.9. The number of aliphatic hydroxyl groups is 1. The molecule has 1 unspecified atom stereocenters. The average molecular weight is 312 g/mol. The minimum Gasteiger partial charge on any atom is -0.376 e. The summed E-state index contributed by atoms with van der Waals surface area (Å²) in [7, 11) is 0. The van der Waals surface area contributed by atoms with Crippen LogP contribution in [0.25, 0.3) is 10.9 Å². The molecule has 0 spiro atoms. The number of hydrogen-bond donors (Lipinski definition) is 3. The van der Waals surface area contributed by atoms with Gasteiger partial charge in [0.1, 0.15) is 0 Å². The molecule has 0 fully saturated rings. The van der Waals surface area contributed by atoms with Gasteiger partial charge < -0.3 is 15.4 Å². The molecule has 2 aromatic rings. The van der Waals surface area contributed by atoms with Crippen molar-refractivity contribution in [3.63, 3.8) is 0 Å². The number of aryl methyl sites for hydroxylation is 3. The molecular formula is C15H15F3N2O2. The first-order valence-corrected chi connectivity index (χ1v) is 6.78. The fourth-order valence-corrected chi connectivity index (χ4v) is 3.05. The molecule has 0 saturated heterocycles. The van der Waals surface area contributed by atoms with Gasteiger partial charge in [-0.05, 0) is 38.0 Å². The quantitative estimate of drug-likeness (QED) is 0.699. The third-order valence-corrected chi connectivity index (χ3v) is 4.37. The van der Waals surface area contributed by atoms with E-state index in [-0.39, 0.29) is 16.8 Å². The molecule has 0 bridgehead atoms. The minimum atomic E-state index is -4.95. The van der Waals surface area contributed by atoms with Gasteiger partial charge in [0.25, 0.3) is 0 Å². The number of alkyl halides is 3. The van der Waals surface area contributed by atoms with Crippen molar-refractivity contribution < 1.29 is 23.1 Å². The molecule has 3 N–H and O–H groups in total. The molecule has 1 aliphatic rings. The number of aromatic amines is 1. The van der Waals surface area contributed by atoms with Crippen LogP contribution in [0.5, 0.6) is 0 Å². The molecule has 0 aliphatic carbocycles. The van der Waals surface area contributed by atoms with Crippen molar-refractivity contribution in [1.29, 1.82) is 0 Å². The highest BCUT2D eigenvalue weighted by Crippen LogP contribution is 2.50. The van der Waals surface area contributed by atoms with Crippen LogP contribution in [0.4, 0.5) is 18.9 Å². The number of H-pyrrole nitrogens is 1. The third-order valence-electron chi connectivity index (χ3n) is 4.37. The van der Waals surface area contributed by atoms with E-state index in [1.54, 1.807) is 26.8 Å². The van der Waals surface area contributed by atoms with Crippen LogP contribution < -0.4 is 5.32 Å². The Morgan fingerprint density at radius 3 is 2.50 bits per heavy atom. The van der Waals surface area contributed by atoms with E-state index in [1.165, 1.54) is 0 Å². The number of hydrogen-bond acceptors (Lipinski definition) is 2. The van der Waals surface area contributed by atoms with Crippen molar-refractivity contribution in [3.8, 4) is 0 Å². The standard InChI is InChI=1S/C15H15F3N2O2/c1-6-4-9-7(2)8(3)19-13(9)11-12(6)20-10(21)5-14(11,22)15(16,17)18/h4,19,22H,5H2,1-3H3,(H,20,21). The van der Waals surface area contributed by atoms with Crippen LogP contribution in [0.15, 0.2) is 6.07 Å². The summed E-state index contributed by atoms with van der Waals surface area (Å²) >= 11 is 0. The number of benzene rings is 1. The van der Waals surface area contributed by atoms with Gasteiger partial charge in [-0.3, -0.25) is 4.79 Å². The van der Waals surface area contributed by atoms with Gasteiger partial charge in [0.05, 0.1) is 17.6 Å². The van der Waals surface area contributed by atoms with Gasteiger partial charge in [0, 0.05) is 16.6 Å². The van der Waals surface area contributed by atoms with Gasteiger partial charge in [-0.2, -0.15) is 13.2 Å². The highest BCUT2D eigenvalue weighted by atomic mass is 19.4. The van der Waals surface area contributed by atoms with Crippen LogP contribution in [0.3, 0.4) is 0 Å². The maximum absolute atomic E-state index is 13.5. The maximum atomic E-state index is 13.5. The lowest BCUT2D eigenvalue weighted by molar-refractivity contribution is -0.267. The zero-order valence-electron chi connectivity index (χ0n) is 12.3. The molecule has 118 valence electrons. The smallest absolute Gasteiger partial charge is 0.376 e. The van der Waals surface area contributed by atoms with Crippen LogP contribution in [0, 0.1) is 20.8 Å². The molecule has 7 heteroatoms. The molecule has 1 aromatic heterocycles. The Bertz CT molecular complexity index is 807. The monoisotopic (exact) mass is 312 g/mol. The van der Waals surface area contributed by atoms with Gasteiger partial charge in [-0.15, -0.1) is 0 Å². The van der Waals surface area contributed by atoms with E-state index in [0.717, 1.165) is 11.3 Å². The topological polar surface area (TPSA) is 65.1 Å². The van der Waals surface area contributed by atoms with Crippen LogP contribution in [0.1, 0.15) is 28.8 Å². The molecule has 0 radical (unpaired) electrons. The van der Waals surface area contributed by atoms with Crippen LogP contribution >= 0.6 is 0 Å². The number of fused-ring (bicyclic) bond motifs is 3. The number of aromatic nitrogens is 1. The Labute approximate surface area is 124 Å². The van der Waals surface area contributed by atoms with E-state index in [1.807, 2.05) is 0 Å². The van der Waals surface area contributed by atoms with E-state index in [2.05, 4.69) is 10.3 Å². The van der Waals surface area contributed by atoms with Gasteiger partial charge in [0.2, 0.25) is 5.91 Å². The lowest BCUT2D eigenvalue weighted by Gasteiger charge is -2.36. The number of nitrogens with one attached hydrogen (secondary N) is 2. The summed E-state index contributed by atoms with van der Waals surface area (Å²) in [5.74, 6) is -0.852. The Morgan fingerprint density at radius 2 is 1.91 bits per heavy atom. The molecule has 2 heterocycles. The number of rotatable bonds is 0. The van der Waals surface area contributed by atoms with Crippen LogP contribution in [-0.4, -0.2) is 22.2 Å². The predicted octanol–water partition coefficient (Wildman–Crippen LogP) is 3.19. The van der Waals surface area contributed by atoms with Gasteiger partial charge in [-0.25, -0.2) is 0 Å². The summed E-state index contributed by atoms with van der Waals surface area (Å²) in [5, 5.41) is 13.4. The van der Waals surface area contributed by atoms with E-state index in [4.69, 9.17) is 0 Å². The Morgan fingerprint density at radius 1 is 1.27 bits per heavy atom. The van der Waals surface area contributed by atoms with Gasteiger partial charge in [-0.1, -0.05) is 0 Å². The summed E-state index contributed by atoms with van der Waals surface area (Å²) in [6.07, 6.45) is -5.99. The number of carbonyl (C=O) groups is 1. The summed E-state index contributed by atoms with van der Waals surface area (Å²) in [5.41, 5.74) is -1.21. The minimum absolute atomic E-state index is 0.0322. The molecule has 1 aliphatic heterocycles. The zero-order valence-corrected chi connectivity index (χ0v) is 12.3. The van der Waals surface area contributed by atoms with E-state index < -0.39 is 24.1 Å². The average Bonchev–Trinajstić information content (AvgIpc) is 2.65. The lowest BCUT2D eigenvalue weighted by Crippen LogP contribution is -2.48. The van der Waals surface area contributed by atoms with Crippen molar-refractivity contribution >= 4 is 22.5 Å². The second kappa shape index (κ2) is 4.25. The number of halogens is 3.